The van der Waals surface area contributed by atoms with Crippen LogP contribution < -0.4 is 5.32 Å². The van der Waals surface area contributed by atoms with Gasteiger partial charge >= 0.3 is 0 Å². The number of benzene rings is 1. The van der Waals surface area contributed by atoms with E-state index in [1.54, 1.807) is 0 Å². The van der Waals surface area contributed by atoms with Crippen molar-refractivity contribution in [1.82, 2.24) is 15.2 Å². The third-order valence-electron chi connectivity index (χ3n) is 4.79. The van der Waals surface area contributed by atoms with E-state index in [1.165, 1.54) is 0 Å². The number of nitrogens with one attached hydrogen (secondary N) is 2. The largest absolute Gasteiger partial charge is 0.361 e. The molecule has 5 heteroatoms. The second-order valence-electron chi connectivity index (χ2n) is 6.32. The summed E-state index contributed by atoms with van der Waals surface area (Å²) in [4.78, 5) is 29.9. The molecule has 0 spiro atoms. The molecule has 0 radical (unpaired) electrons. The Bertz CT molecular complexity index is 736. The van der Waals surface area contributed by atoms with Gasteiger partial charge in [-0.05, 0) is 37.1 Å². The van der Waals surface area contributed by atoms with Crippen molar-refractivity contribution in [3.8, 4) is 0 Å². The first kappa shape index (κ1) is 13.4. The normalized spacial score (nSPS) is 24.9. The molecule has 2 saturated heterocycles. The lowest BCUT2D eigenvalue weighted by Gasteiger charge is -2.27. The Morgan fingerprint density at radius 3 is 3.00 bits per heavy atom. The highest BCUT2D eigenvalue weighted by Gasteiger charge is 2.34. The van der Waals surface area contributed by atoms with Gasteiger partial charge in [0, 0.05) is 41.8 Å². The summed E-state index contributed by atoms with van der Waals surface area (Å²) >= 11 is 0. The zero-order valence-electron chi connectivity index (χ0n) is 12.3. The number of aromatic nitrogens is 1. The highest BCUT2D eigenvalue weighted by atomic mass is 16.2. The van der Waals surface area contributed by atoms with Crippen LogP contribution in [0.2, 0.25) is 0 Å². The smallest absolute Gasteiger partial charge is 0.253 e. The first-order valence-corrected chi connectivity index (χ1v) is 7.87. The summed E-state index contributed by atoms with van der Waals surface area (Å²) in [6.07, 6.45) is 4.77. The molecular weight excluding hydrogens is 278 g/mol. The van der Waals surface area contributed by atoms with Crippen LogP contribution in [0.1, 0.15) is 29.6 Å². The summed E-state index contributed by atoms with van der Waals surface area (Å²) in [5.41, 5.74) is 1.72. The lowest BCUT2D eigenvalue weighted by molar-refractivity contribution is -0.124. The summed E-state index contributed by atoms with van der Waals surface area (Å²) in [5.74, 6) is 0.0721. The number of carbonyl (C=O) groups is 2. The fourth-order valence-corrected chi connectivity index (χ4v) is 3.59. The number of aromatic amines is 1. The van der Waals surface area contributed by atoms with Crippen molar-refractivity contribution >= 4 is 22.7 Å². The number of amides is 2. The van der Waals surface area contributed by atoms with E-state index in [9.17, 15) is 9.59 Å². The Morgan fingerprint density at radius 2 is 2.09 bits per heavy atom. The van der Waals surface area contributed by atoms with Crippen LogP contribution in [0.15, 0.2) is 30.5 Å². The van der Waals surface area contributed by atoms with Gasteiger partial charge in [0.25, 0.3) is 5.91 Å². The molecule has 4 rings (SSSR count). The zero-order valence-corrected chi connectivity index (χ0v) is 12.3. The lowest BCUT2D eigenvalue weighted by atomic mass is 9.98. The summed E-state index contributed by atoms with van der Waals surface area (Å²) in [5, 5.41) is 4.10. The molecule has 0 saturated carbocycles. The van der Waals surface area contributed by atoms with Crippen LogP contribution in [-0.4, -0.2) is 40.8 Å². The van der Waals surface area contributed by atoms with Gasteiger partial charge in [-0.3, -0.25) is 9.59 Å². The molecule has 0 aliphatic carbocycles. The number of fused-ring (bicyclic) bond motifs is 4. The molecule has 22 heavy (non-hydrogen) atoms. The summed E-state index contributed by atoms with van der Waals surface area (Å²) in [7, 11) is 0. The fourth-order valence-electron chi connectivity index (χ4n) is 3.59. The minimum absolute atomic E-state index is 0.0245. The molecule has 2 N–H and O–H groups in total. The average Bonchev–Trinajstić information content (AvgIpc) is 2.82. The molecule has 2 aromatic rings. The monoisotopic (exact) mass is 297 g/mol. The number of hydrogen-bond donors (Lipinski definition) is 2. The van der Waals surface area contributed by atoms with Gasteiger partial charge in [-0.1, -0.05) is 6.42 Å². The molecule has 5 nitrogen and oxygen atoms in total. The van der Waals surface area contributed by atoms with Gasteiger partial charge in [-0.25, -0.2) is 0 Å². The summed E-state index contributed by atoms with van der Waals surface area (Å²) in [6, 6.07) is 7.78. The predicted octanol–water partition coefficient (Wildman–Crippen LogP) is 1.91. The van der Waals surface area contributed by atoms with Gasteiger partial charge in [0.1, 0.15) is 0 Å². The SMILES string of the molecule is O=C1N[C@H]2CCC[C@@H]1CN(C(=O)c1ccc3[nH]ccc3c1)C2. The van der Waals surface area contributed by atoms with Gasteiger partial charge in [-0.2, -0.15) is 0 Å². The molecular formula is C17H19N3O2. The highest BCUT2D eigenvalue weighted by Crippen LogP contribution is 2.24. The predicted molar refractivity (Wildman–Crippen MR) is 83.5 cm³/mol. The van der Waals surface area contributed by atoms with Crippen molar-refractivity contribution in [2.24, 2.45) is 5.92 Å². The topological polar surface area (TPSA) is 65.2 Å². The quantitative estimate of drug-likeness (QED) is 0.844. The second-order valence-corrected chi connectivity index (χ2v) is 6.32. The van der Waals surface area contributed by atoms with E-state index < -0.39 is 0 Å². The molecule has 2 aliphatic rings. The number of hydrogen-bond acceptors (Lipinski definition) is 2. The van der Waals surface area contributed by atoms with E-state index in [0.717, 1.165) is 30.2 Å². The van der Waals surface area contributed by atoms with E-state index in [1.807, 2.05) is 35.4 Å². The van der Waals surface area contributed by atoms with Crippen molar-refractivity contribution in [3.63, 3.8) is 0 Å². The van der Waals surface area contributed by atoms with Crippen molar-refractivity contribution in [3.05, 3.63) is 36.0 Å². The van der Waals surface area contributed by atoms with Gasteiger partial charge in [-0.15, -0.1) is 0 Å². The standard InChI is InChI=1S/C17H19N3O2/c21-16-13-2-1-3-14(19-16)10-20(9-13)17(22)12-4-5-15-11(8-12)6-7-18-15/h4-8,13-14,18H,1-3,9-10H2,(H,19,21)/t13-,14+/m1/s1. The maximum Gasteiger partial charge on any atom is 0.253 e. The molecule has 2 atom stereocenters. The Kier molecular flexibility index (Phi) is 3.13. The molecule has 114 valence electrons. The molecule has 1 aromatic heterocycles. The second kappa shape index (κ2) is 5.16. The Balaban J connectivity index is 1.62. The van der Waals surface area contributed by atoms with E-state index in [-0.39, 0.29) is 23.8 Å². The molecule has 0 unspecified atom stereocenters. The first-order valence-electron chi connectivity index (χ1n) is 7.87. The number of H-pyrrole nitrogens is 1. The molecule has 3 heterocycles. The maximum absolute atomic E-state index is 12.8. The molecule has 2 fully saturated rings. The minimum atomic E-state index is -0.0626. The van der Waals surface area contributed by atoms with Crippen molar-refractivity contribution in [2.45, 2.75) is 25.3 Å². The number of likely N-dealkylation sites (tertiary alicyclic amines) is 1. The van der Waals surface area contributed by atoms with Crippen molar-refractivity contribution < 1.29 is 9.59 Å². The van der Waals surface area contributed by atoms with Crippen LogP contribution in [0.4, 0.5) is 0 Å². The molecule has 1 aromatic carbocycles. The third kappa shape index (κ3) is 2.26. The average molecular weight is 297 g/mol. The number of carbonyl (C=O) groups excluding carboxylic acids is 2. The Hall–Kier alpha value is -2.30. The van der Waals surface area contributed by atoms with Crippen LogP contribution in [0.25, 0.3) is 10.9 Å². The van der Waals surface area contributed by atoms with Crippen LogP contribution in [-0.2, 0) is 4.79 Å². The Morgan fingerprint density at radius 1 is 1.18 bits per heavy atom. The third-order valence-corrected chi connectivity index (χ3v) is 4.79. The van der Waals surface area contributed by atoms with Crippen LogP contribution >= 0.6 is 0 Å². The molecule has 2 amide bonds. The first-order chi connectivity index (χ1) is 10.7. The molecule has 2 bridgehead atoms. The van der Waals surface area contributed by atoms with Gasteiger partial charge in [0.2, 0.25) is 5.91 Å². The van der Waals surface area contributed by atoms with E-state index >= 15 is 0 Å². The highest BCUT2D eigenvalue weighted by molar-refractivity contribution is 5.98. The Labute approximate surface area is 128 Å². The number of nitrogens with zero attached hydrogens (tertiary/aromatic N) is 1. The van der Waals surface area contributed by atoms with Gasteiger partial charge in [0.15, 0.2) is 0 Å². The zero-order chi connectivity index (χ0) is 15.1. The van der Waals surface area contributed by atoms with E-state index in [4.69, 9.17) is 0 Å². The number of rotatable bonds is 1. The minimum Gasteiger partial charge on any atom is -0.361 e. The van der Waals surface area contributed by atoms with Crippen LogP contribution in [0, 0.1) is 5.92 Å². The van der Waals surface area contributed by atoms with Crippen molar-refractivity contribution in [1.29, 1.82) is 0 Å². The van der Waals surface area contributed by atoms with E-state index in [2.05, 4.69) is 10.3 Å². The van der Waals surface area contributed by atoms with E-state index in [0.29, 0.717) is 18.7 Å². The van der Waals surface area contributed by atoms with Crippen LogP contribution in [0.3, 0.4) is 0 Å². The fraction of sp³-hybridized carbons (Fsp3) is 0.412. The maximum atomic E-state index is 12.8. The van der Waals surface area contributed by atoms with Gasteiger partial charge < -0.3 is 15.2 Å². The summed E-state index contributed by atoms with van der Waals surface area (Å²) in [6.45, 7) is 1.15. The van der Waals surface area contributed by atoms with Crippen molar-refractivity contribution in [2.75, 3.05) is 13.1 Å². The van der Waals surface area contributed by atoms with Gasteiger partial charge in [0.05, 0.1) is 5.92 Å². The lowest BCUT2D eigenvalue weighted by Crippen LogP contribution is -2.41. The molecule has 2 aliphatic heterocycles. The van der Waals surface area contributed by atoms with Crippen LogP contribution in [0.5, 0.6) is 0 Å². The summed E-state index contributed by atoms with van der Waals surface area (Å²) < 4.78 is 0.